The molecule has 2 N–H and O–H groups in total. The van der Waals surface area contributed by atoms with Crippen LogP contribution >= 0.6 is 24.0 Å². The number of hydrogen-bond acceptors (Lipinski definition) is 2. The Morgan fingerprint density at radius 2 is 2.00 bits per heavy atom. The highest BCUT2D eigenvalue weighted by molar-refractivity contribution is 14.0. The lowest BCUT2D eigenvalue weighted by Gasteiger charge is -2.37. The summed E-state index contributed by atoms with van der Waals surface area (Å²) in [5.74, 6) is 0.501. The molecule has 0 aliphatic heterocycles. The van der Waals surface area contributed by atoms with Gasteiger partial charge in [-0.25, -0.2) is 4.39 Å². The van der Waals surface area contributed by atoms with E-state index in [1.165, 1.54) is 12.1 Å². The zero-order valence-corrected chi connectivity index (χ0v) is 14.8. The summed E-state index contributed by atoms with van der Waals surface area (Å²) >= 11 is 0. The maximum Gasteiger partial charge on any atom is 0.193 e. The minimum Gasteiger partial charge on any atom is -0.388 e. The van der Waals surface area contributed by atoms with Crippen molar-refractivity contribution in [3.63, 3.8) is 0 Å². The molecular formula is C15H23FIN3O. The first kappa shape index (κ1) is 18.2. The number of benzene rings is 1. The predicted octanol–water partition coefficient (Wildman–Crippen LogP) is 2.37. The molecule has 1 saturated carbocycles. The van der Waals surface area contributed by atoms with Crippen LogP contribution in [0.4, 0.5) is 4.39 Å². The van der Waals surface area contributed by atoms with Gasteiger partial charge in [-0.05, 0) is 37.0 Å². The third-order valence-electron chi connectivity index (χ3n) is 3.77. The van der Waals surface area contributed by atoms with E-state index in [-0.39, 0.29) is 29.8 Å². The fourth-order valence-corrected chi connectivity index (χ4v) is 2.33. The summed E-state index contributed by atoms with van der Waals surface area (Å²) in [5, 5.41) is 13.3. The average Bonchev–Trinajstić information content (AvgIpc) is 2.40. The Morgan fingerprint density at radius 3 is 2.48 bits per heavy atom. The molecule has 1 aromatic carbocycles. The van der Waals surface area contributed by atoms with Gasteiger partial charge in [-0.15, -0.1) is 24.0 Å². The van der Waals surface area contributed by atoms with E-state index >= 15 is 0 Å². The minimum atomic E-state index is -0.577. The Kier molecular flexibility index (Phi) is 6.86. The van der Waals surface area contributed by atoms with Crippen LogP contribution in [0.5, 0.6) is 0 Å². The van der Waals surface area contributed by atoms with Gasteiger partial charge in [0.1, 0.15) is 5.82 Å². The molecular weight excluding hydrogens is 384 g/mol. The fourth-order valence-electron chi connectivity index (χ4n) is 2.33. The van der Waals surface area contributed by atoms with Gasteiger partial charge in [-0.1, -0.05) is 12.1 Å². The van der Waals surface area contributed by atoms with Crippen LogP contribution in [0.3, 0.4) is 0 Å². The van der Waals surface area contributed by atoms with Gasteiger partial charge >= 0.3 is 0 Å². The molecule has 0 atom stereocenters. The van der Waals surface area contributed by atoms with Crippen LogP contribution in [0, 0.1) is 5.82 Å². The van der Waals surface area contributed by atoms with E-state index in [9.17, 15) is 9.50 Å². The zero-order valence-electron chi connectivity index (χ0n) is 12.5. The molecule has 0 bridgehead atoms. The van der Waals surface area contributed by atoms with Crippen LogP contribution in [0.25, 0.3) is 0 Å². The lowest BCUT2D eigenvalue weighted by molar-refractivity contribution is -0.0282. The van der Waals surface area contributed by atoms with Crippen molar-refractivity contribution in [1.82, 2.24) is 10.2 Å². The largest absolute Gasteiger partial charge is 0.388 e. The summed E-state index contributed by atoms with van der Waals surface area (Å²) in [4.78, 5) is 6.16. The fraction of sp³-hybridized carbons (Fsp3) is 0.533. The highest BCUT2D eigenvalue weighted by Gasteiger charge is 2.34. The van der Waals surface area contributed by atoms with E-state index in [2.05, 4.69) is 10.3 Å². The van der Waals surface area contributed by atoms with Crippen molar-refractivity contribution in [2.45, 2.75) is 31.4 Å². The molecule has 0 saturated heterocycles. The summed E-state index contributed by atoms with van der Waals surface area (Å²) in [7, 11) is 3.64. The summed E-state index contributed by atoms with van der Waals surface area (Å²) < 4.78 is 12.9. The number of nitrogens with one attached hydrogen (secondary N) is 1. The Morgan fingerprint density at radius 1 is 1.38 bits per heavy atom. The van der Waals surface area contributed by atoms with Gasteiger partial charge < -0.3 is 15.3 Å². The second kappa shape index (κ2) is 7.93. The number of nitrogens with zero attached hydrogens (tertiary/aromatic N) is 2. The van der Waals surface area contributed by atoms with E-state index in [4.69, 9.17) is 0 Å². The summed E-state index contributed by atoms with van der Waals surface area (Å²) in [6.45, 7) is 1.16. The lowest BCUT2D eigenvalue weighted by atomic mass is 9.80. The first-order valence-electron chi connectivity index (χ1n) is 6.91. The highest BCUT2D eigenvalue weighted by atomic mass is 127. The molecule has 118 valence electrons. The van der Waals surface area contributed by atoms with E-state index < -0.39 is 5.60 Å². The minimum absolute atomic E-state index is 0. The van der Waals surface area contributed by atoms with Crippen LogP contribution in [0.1, 0.15) is 24.8 Å². The monoisotopic (exact) mass is 407 g/mol. The van der Waals surface area contributed by atoms with Gasteiger partial charge in [-0.3, -0.25) is 4.99 Å². The van der Waals surface area contributed by atoms with E-state index in [0.717, 1.165) is 30.8 Å². The number of hydrogen-bond donors (Lipinski definition) is 2. The van der Waals surface area contributed by atoms with Crippen LogP contribution in [0.2, 0.25) is 0 Å². The number of halogens is 2. The van der Waals surface area contributed by atoms with Gasteiger partial charge in [0.2, 0.25) is 0 Å². The first-order valence-corrected chi connectivity index (χ1v) is 6.91. The topological polar surface area (TPSA) is 47.9 Å². The molecule has 1 fully saturated rings. The summed E-state index contributed by atoms with van der Waals surface area (Å²) in [6, 6.07) is 6.43. The third kappa shape index (κ3) is 5.10. The summed E-state index contributed by atoms with van der Waals surface area (Å²) in [6.07, 6.45) is 2.78. The molecule has 0 amide bonds. The number of rotatable bonds is 4. The molecule has 0 radical (unpaired) electrons. The van der Waals surface area contributed by atoms with Crippen molar-refractivity contribution in [2.24, 2.45) is 4.99 Å². The molecule has 4 nitrogen and oxygen atoms in total. The third-order valence-corrected chi connectivity index (χ3v) is 3.77. The molecule has 0 heterocycles. The maximum absolute atomic E-state index is 12.9. The van der Waals surface area contributed by atoms with Crippen molar-refractivity contribution >= 4 is 29.9 Å². The van der Waals surface area contributed by atoms with Crippen LogP contribution in [-0.4, -0.2) is 42.2 Å². The van der Waals surface area contributed by atoms with Gasteiger partial charge in [0, 0.05) is 27.2 Å². The smallest absolute Gasteiger partial charge is 0.193 e. The summed E-state index contributed by atoms with van der Waals surface area (Å²) in [5.41, 5.74) is 0.436. The maximum atomic E-state index is 12.9. The Balaban J connectivity index is 0.00000220. The van der Waals surface area contributed by atoms with E-state index in [0.29, 0.717) is 13.1 Å². The van der Waals surface area contributed by atoms with Crippen molar-refractivity contribution < 1.29 is 9.50 Å². The average molecular weight is 407 g/mol. The van der Waals surface area contributed by atoms with Gasteiger partial charge in [-0.2, -0.15) is 0 Å². The Labute approximate surface area is 142 Å². The molecule has 0 unspecified atom stereocenters. The molecule has 0 aromatic heterocycles. The SMILES string of the molecule is CN=C(NCC1(O)CCC1)N(C)Cc1ccc(F)cc1.I. The number of aliphatic imine (C=N–C) groups is 1. The molecule has 0 spiro atoms. The van der Waals surface area contributed by atoms with E-state index in [1.807, 2.05) is 11.9 Å². The van der Waals surface area contributed by atoms with Crippen molar-refractivity contribution in [3.05, 3.63) is 35.6 Å². The first-order chi connectivity index (χ1) is 9.52. The van der Waals surface area contributed by atoms with Crippen LogP contribution in [0.15, 0.2) is 29.3 Å². The zero-order chi connectivity index (χ0) is 14.6. The standard InChI is InChI=1S/C15H22FN3O.HI/c1-17-14(18-11-15(20)8-3-9-15)19(2)10-12-4-6-13(16)7-5-12;/h4-7,20H,3,8-11H2,1-2H3,(H,17,18);1H. The van der Waals surface area contributed by atoms with Crippen LogP contribution in [-0.2, 0) is 6.54 Å². The quantitative estimate of drug-likeness (QED) is 0.458. The molecule has 6 heteroatoms. The second-order valence-corrected chi connectivity index (χ2v) is 5.46. The van der Waals surface area contributed by atoms with Gasteiger partial charge in [0.15, 0.2) is 5.96 Å². The highest BCUT2D eigenvalue weighted by Crippen LogP contribution is 2.30. The lowest BCUT2D eigenvalue weighted by Crippen LogP contribution is -2.50. The second-order valence-electron chi connectivity index (χ2n) is 5.46. The van der Waals surface area contributed by atoms with Crippen molar-refractivity contribution in [2.75, 3.05) is 20.6 Å². The Hall–Kier alpha value is -0.890. The van der Waals surface area contributed by atoms with Crippen LogP contribution < -0.4 is 5.32 Å². The predicted molar refractivity (Wildman–Crippen MR) is 93.4 cm³/mol. The number of aliphatic hydroxyl groups is 1. The molecule has 1 aliphatic carbocycles. The van der Waals surface area contributed by atoms with Gasteiger partial charge in [0.05, 0.1) is 5.60 Å². The van der Waals surface area contributed by atoms with Gasteiger partial charge in [0.25, 0.3) is 0 Å². The molecule has 1 aromatic rings. The molecule has 21 heavy (non-hydrogen) atoms. The molecule has 1 aliphatic rings. The molecule has 2 rings (SSSR count). The van der Waals surface area contributed by atoms with Crippen molar-refractivity contribution in [3.8, 4) is 0 Å². The number of guanidine groups is 1. The Bertz CT molecular complexity index is 474. The normalized spacial score (nSPS) is 16.7. The van der Waals surface area contributed by atoms with Crippen molar-refractivity contribution in [1.29, 1.82) is 0 Å². The van der Waals surface area contributed by atoms with E-state index in [1.54, 1.807) is 19.2 Å².